The van der Waals surface area contributed by atoms with Crippen LogP contribution in [-0.2, 0) is 16.7 Å². The number of carbonyl (C=O) groups is 1. The molecule has 3 aliphatic rings. The lowest BCUT2D eigenvalue weighted by molar-refractivity contribution is 0.129. The maximum Gasteiger partial charge on any atom is 0.414 e. The summed E-state index contributed by atoms with van der Waals surface area (Å²) in [7, 11) is 0. The van der Waals surface area contributed by atoms with Crippen LogP contribution in [0.25, 0.3) is 11.1 Å². The molecule has 2 N–H and O–H groups in total. The molecule has 4 heterocycles. The van der Waals surface area contributed by atoms with E-state index in [0.29, 0.717) is 29.9 Å². The minimum Gasteiger partial charge on any atom is -0.442 e. The normalized spacial score (nSPS) is 27.1. The number of pyridine rings is 1. The van der Waals surface area contributed by atoms with Gasteiger partial charge in [0.15, 0.2) is 0 Å². The summed E-state index contributed by atoms with van der Waals surface area (Å²) in [6, 6.07) is 10.8. The highest BCUT2D eigenvalue weighted by Crippen LogP contribution is 2.62. The van der Waals surface area contributed by atoms with E-state index in [-0.39, 0.29) is 18.4 Å². The molecule has 11 heteroatoms. The van der Waals surface area contributed by atoms with Crippen LogP contribution in [0.3, 0.4) is 0 Å². The molecule has 1 unspecified atom stereocenters. The van der Waals surface area contributed by atoms with E-state index in [9.17, 15) is 10.1 Å². The van der Waals surface area contributed by atoms with Crippen LogP contribution in [-0.4, -0.2) is 69.8 Å². The number of nitrogens with two attached hydrogens (primary N) is 1. The summed E-state index contributed by atoms with van der Waals surface area (Å²) in [4.78, 5) is 20.7. The number of cyclic esters (lactones) is 1. The Balaban J connectivity index is 1.16. The molecule has 2 aliphatic heterocycles. The minimum atomic E-state index is -0.565. The van der Waals surface area contributed by atoms with Crippen molar-refractivity contribution in [3.05, 3.63) is 60.4 Å². The second-order valence-electron chi connectivity index (χ2n) is 9.58. The van der Waals surface area contributed by atoms with Gasteiger partial charge in [0.25, 0.3) is 0 Å². The van der Waals surface area contributed by atoms with E-state index in [4.69, 9.17) is 10.5 Å². The number of hydrogen-bond donors (Lipinski definition) is 1. The van der Waals surface area contributed by atoms with Gasteiger partial charge in [-0.05, 0) is 24.3 Å². The molecular formula is C25H25FN8O2. The third-order valence-corrected chi connectivity index (χ3v) is 7.59. The first-order valence-corrected chi connectivity index (χ1v) is 12.0. The van der Waals surface area contributed by atoms with Gasteiger partial charge >= 0.3 is 6.09 Å². The zero-order chi connectivity index (χ0) is 24.9. The Bertz CT molecular complexity index is 1310. The molecule has 1 aromatic carbocycles. The first-order chi connectivity index (χ1) is 17.5. The molecule has 1 amide bonds. The van der Waals surface area contributed by atoms with E-state index in [1.165, 1.54) is 11.0 Å². The maximum atomic E-state index is 15.1. The molecule has 1 saturated carbocycles. The average molecular weight is 489 g/mol. The summed E-state index contributed by atoms with van der Waals surface area (Å²) in [5.74, 6) is 0.0549. The molecule has 0 spiro atoms. The van der Waals surface area contributed by atoms with Crippen LogP contribution in [0, 0.1) is 29.0 Å². The predicted molar refractivity (Wildman–Crippen MR) is 127 cm³/mol. The standard InChI is InChI=1S/C25H25FN8O2/c26-22-9-17(34-12-18(36-24(34)35)11-33-8-6-30-31-33)2-3-19(22)16-1-4-23(29-10-16)25(15-28)20-13-32(7-5-27)14-21(20)25/h1-4,6,8-10,18,20-21H,5,7,11-14,27H2/t18-,20-,21+,25?/m0/s1. The molecule has 0 bridgehead atoms. The number of carbonyl (C=O) groups excluding carboxylic acids is 1. The number of anilines is 1. The van der Waals surface area contributed by atoms with E-state index < -0.39 is 23.4 Å². The van der Waals surface area contributed by atoms with Gasteiger partial charge in [0, 0.05) is 61.5 Å². The number of benzene rings is 1. The Morgan fingerprint density at radius 1 is 1.22 bits per heavy atom. The van der Waals surface area contributed by atoms with Crippen molar-refractivity contribution in [2.24, 2.45) is 17.6 Å². The SMILES string of the molecule is N#CC1(c2ccc(-c3ccc(N4C[C@H](Cn5ccnn5)OC4=O)cc3F)cn2)[C@@H]2CN(CCN)C[C@@H]21. The number of nitrogens with zero attached hydrogens (tertiary/aromatic N) is 7. The van der Waals surface area contributed by atoms with Crippen molar-refractivity contribution in [3.8, 4) is 17.2 Å². The molecule has 6 rings (SSSR count). The lowest BCUT2D eigenvalue weighted by atomic mass is 9.95. The Hall–Kier alpha value is -3.88. The topological polar surface area (TPSA) is 126 Å². The van der Waals surface area contributed by atoms with E-state index >= 15 is 4.39 Å². The Morgan fingerprint density at radius 3 is 2.69 bits per heavy atom. The molecule has 10 nitrogen and oxygen atoms in total. The molecule has 3 fully saturated rings. The highest BCUT2D eigenvalue weighted by atomic mass is 19.1. The smallest absolute Gasteiger partial charge is 0.414 e. The Kier molecular flexibility index (Phi) is 5.43. The third kappa shape index (κ3) is 3.61. The second-order valence-corrected chi connectivity index (χ2v) is 9.58. The second kappa shape index (κ2) is 8.65. The molecule has 4 atom stereocenters. The number of nitriles is 1. The number of fused-ring (bicyclic) bond motifs is 1. The maximum absolute atomic E-state index is 15.1. The van der Waals surface area contributed by atoms with Crippen LogP contribution in [0.4, 0.5) is 14.9 Å². The van der Waals surface area contributed by atoms with Crippen molar-refractivity contribution >= 4 is 11.8 Å². The quantitative estimate of drug-likeness (QED) is 0.533. The summed E-state index contributed by atoms with van der Waals surface area (Å²) in [6.45, 7) is 3.82. The van der Waals surface area contributed by atoms with Gasteiger partial charge < -0.3 is 15.4 Å². The summed E-state index contributed by atoms with van der Waals surface area (Å²) >= 11 is 0. The number of likely N-dealkylation sites (tertiary alicyclic amines) is 1. The molecule has 3 aromatic rings. The van der Waals surface area contributed by atoms with Crippen LogP contribution in [0.5, 0.6) is 0 Å². The van der Waals surface area contributed by atoms with Gasteiger partial charge in [-0.15, -0.1) is 5.10 Å². The molecule has 36 heavy (non-hydrogen) atoms. The average Bonchev–Trinajstić information content (AvgIpc) is 3.37. The highest BCUT2D eigenvalue weighted by molar-refractivity contribution is 5.90. The number of rotatable bonds is 7. The van der Waals surface area contributed by atoms with Crippen molar-refractivity contribution in [1.82, 2.24) is 24.9 Å². The number of ether oxygens (including phenoxy) is 1. The number of piperidine rings is 1. The summed E-state index contributed by atoms with van der Waals surface area (Å²) in [5.41, 5.74) is 7.25. The first kappa shape index (κ1) is 22.6. The van der Waals surface area contributed by atoms with Gasteiger partial charge in [-0.3, -0.25) is 9.88 Å². The Morgan fingerprint density at radius 2 is 2.06 bits per heavy atom. The van der Waals surface area contributed by atoms with E-state index in [1.54, 1.807) is 35.4 Å². The Labute approximate surface area is 207 Å². The van der Waals surface area contributed by atoms with Gasteiger partial charge in [-0.2, -0.15) is 5.26 Å². The fraction of sp³-hybridized carbons (Fsp3) is 0.400. The van der Waals surface area contributed by atoms with Crippen LogP contribution in [0.2, 0.25) is 0 Å². The van der Waals surface area contributed by atoms with Crippen LogP contribution in [0.15, 0.2) is 48.9 Å². The van der Waals surface area contributed by atoms with E-state index in [2.05, 4.69) is 26.3 Å². The molecule has 2 saturated heterocycles. The van der Waals surface area contributed by atoms with Crippen LogP contribution >= 0.6 is 0 Å². The number of aromatic nitrogens is 4. The fourth-order valence-corrected chi connectivity index (χ4v) is 5.75. The van der Waals surface area contributed by atoms with Gasteiger partial charge in [-0.25, -0.2) is 13.9 Å². The molecule has 0 radical (unpaired) electrons. The summed E-state index contributed by atoms with van der Waals surface area (Å²) < 4.78 is 22.1. The predicted octanol–water partition coefficient (Wildman–Crippen LogP) is 1.79. The van der Waals surface area contributed by atoms with Crippen molar-refractivity contribution in [3.63, 3.8) is 0 Å². The van der Waals surface area contributed by atoms with Gasteiger partial charge in [0.2, 0.25) is 0 Å². The van der Waals surface area contributed by atoms with E-state index in [1.807, 2.05) is 12.1 Å². The third-order valence-electron chi connectivity index (χ3n) is 7.59. The van der Waals surface area contributed by atoms with Crippen molar-refractivity contribution in [2.75, 3.05) is 37.6 Å². The molecule has 2 aromatic heterocycles. The number of halogens is 1. The lowest BCUT2D eigenvalue weighted by Gasteiger charge is -2.21. The van der Waals surface area contributed by atoms with Gasteiger partial charge in [0.1, 0.15) is 17.3 Å². The summed E-state index contributed by atoms with van der Waals surface area (Å²) in [5, 5.41) is 17.6. The zero-order valence-electron chi connectivity index (χ0n) is 19.5. The molecular weight excluding hydrogens is 463 g/mol. The highest BCUT2D eigenvalue weighted by Gasteiger charge is 2.70. The first-order valence-electron chi connectivity index (χ1n) is 12.0. The van der Waals surface area contributed by atoms with Crippen LogP contribution < -0.4 is 10.6 Å². The monoisotopic (exact) mass is 488 g/mol. The minimum absolute atomic E-state index is 0.261. The van der Waals surface area contributed by atoms with Crippen molar-refractivity contribution < 1.29 is 13.9 Å². The fourth-order valence-electron chi connectivity index (χ4n) is 5.75. The largest absolute Gasteiger partial charge is 0.442 e. The van der Waals surface area contributed by atoms with Crippen LogP contribution in [0.1, 0.15) is 5.69 Å². The summed E-state index contributed by atoms with van der Waals surface area (Å²) in [6.07, 6.45) is 3.93. The van der Waals surface area contributed by atoms with Gasteiger partial charge in [-0.1, -0.05) is 11.3 Å². The zero-order valence-corrected chi connectivity index (χ0v) is 19.5. The van der Waals surface area contributed by atoms with Crippen molar-refractivity contribution in [2.45, 2.75) is 18.1 Å². The van der Waals surface area contributed by atoms with Crippen molar-refractivity contribution in [1.29, 1.82) is 5.26 Å². The number of amides is 1. The lowest BCUT2D eigenvalue weighted by Crippen LogP contribution is -2.33. The number of hydrogen-bond acceptors (Lipinski definition) is 8. The van der Waals surface area contributed by atoms with Gasteiger partial charge in [0.05, 0.1) is 36.7 Å². The van der Waals surface area contributed by atoms with E-state index in [0.717, 1.165) is 25.3 Å². The molecule has 1 aliphatic carbocycles. The molecule has 184 valence electrons.